The van der Waals surface area contributed by atoms with Crippen molar-refractivity contribution < 1.29 is 9.59 Å². The second-order valence-corrected chi connectivity index (χ2v) is 5.23. The molecule has 0 radical (unpaired) electrons. The van der Waals surface area contributed by atoms with Crippen molar-refractivity contribution in [2.75, 3.05) is 25.5 Å². The number of rotatable bonds is 6. The van der Waals surface area contributed by atoms with Gasteiger partial charge in [0.1, 0.15) is 0 Å². The Morgan fingerprint density at radius 3 is 2.65 bits per heavy atom. The number of carbonyl (C=O) groups excluding carboxylic acids is 2. The van der Waals surface area contributed by atoms with Crippen molar-refractivity contribution in [2.24, 2.45) is 5.92 Å². The monoisotopic (exact) mass is 275 g/mol. The van der Waals surface area contributed by atoms with E-state index >= 15 is 0 Å². The summed E-state index contributed by atoms with van der Waals surface area (Å²) < 4.78 is 0. The minimum Gasteiger partial charge on any atom is -0.355 e. The molecule has 0 unspecified atom stereocenters. The minimum atomic E-state index is -0.128. The van der Waals surface area contributed by atoms with Gasteiger partial charge in [0, 0.05) is 18.3 Å². The van der Waals surface area contributed by atoms with Crippen molar-refractivity contribution in [1.29, 1.82) is 0 Å². The van der Waals surface area contributed by atoms with Gasteiger partial charge in [-0.1, -0.05) is 0 Å². The Kier molecular flexibility index (Phi) is 4.74. The first kappa shape index (κ1) is 14.5. The average Bonchev–Trinajstić information content (AvgIpc) is 3.24. The fourth-order valence-corrected chi connectivity index (χ4v) is 2.00. The largest absolute Gasteiger partial charge is 0.355 e. The van der Waals surface area contributed by atoms with Crippen LogP contribution in [0.5, 0.6) is 0 Å². The molecule has 2 rings (SSSR count). The van der Waals surface area contributed by atoms with Crippen molar-refractivity contribution in [3.63, 3.8) is 0 Å². The molecule has 1 aliphatic carbocycles. The third-order valence-corrected chi connectivity index (χ3v) is 3.41. The van der Waals surface area contributed by atoms with Gasteiger partial charge < -0.3 is 16.0 Å². The molecule has 2 amide bonds. The van der Waals surface area contributed by atoms with Crippen LogP contribution < -0.4 is 16.0 Å². The summed E-state index contributed by atoms with van der Waals surface area (Å²) in [5.74, 6) is 0.579. The van der Waals surface area contributed by atoms with Gasteiger partial charge in [-0.05, 0) is 56.0 Å². The molecular formula is C15H21N3O2. The zero-order valence-electron chi connectivity index (χ0n) is 12.0. The predicted octanol–water partition coefficient (Wildman–Crippen LogP) is 1.29. The van der Waals surface area contributed by atoms with Gasteiger partial charge in [-0.25, -0.2) is 0 Å². The van der Waals surface area contributed by atoms with Gasteiger partial charge in [0.05, 0.1) is 6.54 Å². The quantitative estimate of drug-likeness (QED) is 0.732. The number of nitrogens with one attached hydrogen (secondary N) is 3. The van der Waals surface area contributed by atoms with E-state index in [1.807, 2.05) is 6.92 Å². The van der Waals surface area contributed by atoms with Crippen molar-refractivity contribution in [2.45, 2.75) is 19.8 Å². The summed E-state index contributed by atoms with van der Waals surface area (Å²) in [6.07, 6.45) is 2.55. The number of hydrogen-bond acceptors (Lipinski definition) is 3. The van der Waals surface area contributed by atoms with Gasteiger partial charge in [0.25, 0.3) is 5.91 Å². The standard InChI is InChI=1S/C15H21N3O2/c1-10-7-12(15(20)16-2)5-6-13(10)18-14(19)9-17-8-11-3-4-11/h5-7,11,17H,3-4,8-9H2,1-2H3,(H,16,20)(H,18,19). The SMILES string of the molecule is CNC(=O)c1ccc(NC(=O)CNCC2CC2)c(C)c1. The number of carbonyl (C=O) groups is 2. The predicted molar refractivity (Wildman–Crippen MR) is 78.8 cm³/mol. The highest BCUT2D eigenvalue weighted by atomic mass is 16.2. The van der Waals surface area contributed by atoms with E-state index in [1.54, 1.807) is 25.2 Å². The van der Waals surface area contributed by atoms with Crippen LogP contribution in [0.2, 0.25) is 0 Å². The first-order chi connectivity index (χ1) is 9.60. The van der Waals surface area contributed by atoms with Crippen LogP contribution in [0, 0.1) is 12.8 Å². The lowest BCUT2D eigenvalue weighted by molar-refractivity contribution is -0.115. The van der Waals surface area contributed by atoms with Gasteiger partial charge >= 0.3 is 0 Å². The molecule has 0 atom stereocenters. The highest BCUT2D eigenvalue weighted by Crippen LogP contribution is 2.27. The Balaban J connectivity index is 1.87. The van der Waals surface area contributed by atoms with Crippen LogP contribution in [0.25, 0.3) is 0 Å². The number of hydrogen-bond donors (Lipinski definition) is 3. The third-order valence-electron chi connectivity index (χ3n) is 3.41. The summed E-state index contributed by atoms with van der Waals surface area (Å²) in [5.41, 5.74) is 2.22. The Morgan fingerprint density at radius 2 is 2.05 bits per heavy atom. The Bertz CT molecular complexity index is 510. The van der Waals surface area contributed by atoms with Crippen molar-refractivity contribution in [1.82, 2.24) is 10.6 Å². The molecule has 0 spiro atoms. The van der Waals surface area contributed by atoms with Crippen LogP contribution in [0.1, 0.15) is 28.8 Å². The highest BCUT2D eigenvalue weighted by Gasteiger charge is 2.20. The summed E-state index contributed by atoms with van der Waals surface area (Å²) in [6, 6.07) is 5.24. The molecule has 0 saturated heterocycles. The van der Waals surface area contributed by atoms with E-state index < -0.39 is 0 Å². The second kappa shape index (κ2) is 6.52. The van der Waals surface area contributed by atoms with Crippen LogP contribution in [0.3, 0.4) is 0 Å². The molecule has 1 aromatic rings. The molecule has 0 aliphatic heterocycles. The van der Waals surface area contributed by atoms with Crippen LogP contribution in [-0.2, 0) is 4.79 Å². The Morgan fingerprint density at radius 1 is 1.30 bits per heavy atom. The van der Waals surface area contributed by atoms with E-state index in [0.717, 1.165) is 23.7 Å². The zero-order valence-corrected chi connectivity index (χ0v) is 12.0. The number of amides is 2. The van der Waals surface area contributed by atoms with E-state index in [1.165, 1.54) is 12.8 Å². The van der Waals surface area contributed by atoms with Crippen LogP contribution >= 0.6 is 0 Å². The van der Waals surface area contributed by atoms with E-state index in [9.17, 15) is 9.59 Å². The van der Waals surface area contributed by atoms with Crippen LogP contribution in [-0.4, -0.2) is 32.0 Å². The second-order valence-electron chi connectivity index (χ2n) is 5.23. The smallest absolute Gasteiger partial charge is 0.251 e. The van der Waals surface area contributed by atoms with Crippen molar-refractivity contribution >= 4 is 17.5 Å². The average molecular weight is 275 g/mol. The number of benzene rings is 1. The minimum absolute atomic E-state index is 0.0542. The molecule has 5 heteroatoms. The van der Waals surface area contributed by atoms with Gasteiger partial charge in [-0.3, -0.25) is 9.59 Å². The molecule has 1 fully saturated rings. The number of anilines is 1. The highest BCUT2D eigenvalue weighted by molar-refractivity contribution is 5.96. The summed E-state index contributed by atoms with van der Waals surface area (Å²) in [4.78, 5) is 23.3. The maximum absolute atomic E-state index is 11.8. The molecule has 3 N–H and O–H groups in total. The molecule has 1 aliphatic rings. The molecule has 5 nitrogen and oxygen atoms in total. The first-order valence-electron chi connectivity index (χ1n) is 6.93. The normalized spacial score (nSPS) is 13.9. The summed E-state index contributed by atoms with van der Waals surface area (Å²) in [5, 5.41) is 8.58. The fourth-order valence-electron chi connectivity index (χ4n) is 2.00. The van der Waals surface area contributed by atoms with Gasteiger partial charge in [-0.15, -0.1) is 0 Å². The summed E-state index contributed by atoms with van der Waals surface area (Å²) in [6.45, 7) is 3.12. The Labute approximate surface area is 119 Å². The van der Waals surface area contributed by atoms with E-state index in [0.29, 0.717) is 12.1 Å². The van der Waals surface area contributed by atoms with Gasteiger partial charge in [0.2, 0.25) is 5.91 Å². The van der Waals surface area contributed by atoms with E-state index in [-0.39, 0.29) is 11.8 Å². The van der Waals surface area contributed by atoms with Crippen LogP contribution in [0.15, 0.2) is 18.2 Å². The lowest BCUT2D eigenvalue weighted by atomic mass is 10.1. The maximum atomic E-state index is 11.8. The zero-order chi connectivity index (χ0) is 14.5. The molecule has 1 aromatic carbocycles. The lowest BCUT2D eigenvalue weighted by Gasteiger charge is -2.10. The molecule has 0 aromatic heterocycles. The molecule has 0 bridgehead atoms. The Hall–Kier alpha value is -1.88. The first-order valence-corrected chi connectivity index (χ1v) is 6.93. The molecule has 108 valence electrons. The van der Waals surface area contributed by atoms with E-state index in [4.69, 9.17) is 0 Å². The lowest BCUT2D eigenvalue weighted by Crippen LogP contribution is -2.29. The maximum Gasteiger partial charge on any atom is 0.251 e. The summed E-state index contributed by atoms with van der Waals surface area (Å²) >= 11 is 0. The van der Waals surface area contributed by atoms with Crippen molar-refractivity contribution in [3.8, 4) is 0 Å². The number of aryl methyl sites for hydroxylation is 1. The topological polar surface area (TPSA) is 70.2 Å². The molecule has 0 heterocycles. The molecule has 1 saturated carbocycles. The van der Waals surface area contributed by atoms with Gasteiger partial charge in [0.15, 0.2) is 0 Å². The molecule has 20 heavy (non-hydrogen) atoms. The fraction of sp³-hybridized carbons (Fsp3) is 0.467. The third kappa shape index (κ3) is 4.06. The van der Waals surface area contributed by atoms with Crippen molar-refractivity contribution in [3.05, 3.63) is 29.3 Å². The molecular weight excluding hydrogens is 254 g/mol. The van der Waals surface area contributed by atoms with Gasteiger partial charge in [-0.2, -0.15) is 0 Å². The summed E-state index contributed by atoms with van der Waals surface area (Å²) in [7, 11) is 1.60. The van der Waals surface area contributed by atoms with E-state index in [2.05, 4.69) is 16.0 Å². The van der Waals surface area contributed by atoms with Crippen LogP contribution in [0.4, 0.5) is 5.69 Å².